The standard InChI is InChI=1S/C12H18N4O2.C7H8O3S/c1-2-3-7-18-11-6-4-5-10(8-11)9-14-15-12(13)16-17;1-6-2-4-7(5-3-6)11(8,9)10/h4-6,8-9,17H,2-3,7H2,1H3,(H3,13,15,16);2-5H,1H3,(H,8,9,10)/b14-9+;. The molecule has 0 amide bonds. The number of nitrogens with one attached hydrogen (secondary N) is 1. The van der Waals surface area contributed by atoms with Gasteiger partial charge in [-0.3, -0.25) is 9.76 Å². The van der Waals surface area contributed by atoms with Gasteiger partial charge in [-0.25, -0.2) is 5.48 Å². The van der Waals surface area contributed by atoms with E-state index in [1.54, 1.807) is 17.6 Å². The Morgan fingerprint density at radius 1 is 1.24 bits per heavy atom. The number of nitrogens with zero attached hydrogens (tertiary/aromatic N) is 2. The number of nitrogens with two attached hydrogens (primary N) is 1. The number of aryl methyl sites for hydroxylation is 1. The summed E-state index contributed by atoms with van der Waals surface area (Å²) in [7, 11) is -4.02. The van der Waals surface area contributed by atoms with Crippen LogP contribution in [0.25, 0.3) is 0 Å². The minimum atomic E-state index is -4.02. The van der Waals surface area contributed by atoms with Gasteiger partial charge in [0.1, 0.15) is 5.75 Å². The van der Waals surface area contributed by atoms with Gasteiger partial charge in [0.15, 0.2) is 0 Å². The van der Waals surface area contributed by atoms with Crippen molar-refractivity contribution < 1.29 is 22.9 Å². The van der Waals surface area contributed by atoms with Crippen LogP contribution in [0.4, 0.5) is 0 Å². The van der Waals surface area contributed by atoms with E-state index < -0.39 is 10.1 Å². The number of hydrogen-bond donors (Lipinski definition) is 4. The minimum absolute atomic E-state index is 0.0666. The average molecular weight is 423 g/mol. The van der Waals surface area contributed by atoms with Gasteiger partial charge in [-0.05, 0) is 43.2 Å². The van der Waals surface area contributed by atoms with Gasteiger partial charge in [0, 0.05) is 0 Å². The molecule has 10 heteroatoms. The fourth-order valence-corrected chi connectivity index (χ4v) is 2.39. The van der Waals surface area contributed by atoms with Crippen molar-refractivity contribution in [3.8, 4) is 5.75 Å². The molecule has 9 nitrogen and oxygen atoms in total. The van der Waals surface area contributed by atoms with Crippen LogP contribution in [0.3, 0.4) is 0 Å². The number of unbranched alkanes of at least 4 members (excludes halogenated alkanes) is 1. The summed E-state index contributed by atoms with van der Waals surface area (Å²) in [6.45, 7) is 4.66. The van der Waals surface area contributed by atoms with Crippen molar-refractivity contribution >= 4 is 22.3 Å². The fourth-order valence-electron chi connectivity index (χ4n) is 1.91. The summed E-state index contributed by atoms with van der Waals surface area (Å²) in [6.07, 6.45) is 3.65. The highest BCUT2D eigenvalue weighted by atomic mass is 32.2. The van der Waals surface area contributed by atoms with Crippen molar-refractivity contribution in [1.82, 2.24) is 5.48 Å². The van der Waals surface area contributed by atoms with Crippen molar-refractivity contribution in [3.63, 3.8) is 0 Å². The van der Waals surface area contributed by atoms with Gasteiger partial charge in [0.2, 0.25) is 5.96 Å². The number of guanidine groups is 1. The summed E-state index contributed by atoms with van der Waals surface area (Å²) in [5.41, 5.74) is 8.69. The molecular weight excluding hydrogens is 396 g/mol. The van der Waals surface area contributed by atoms with Crippen LogP contribution in [-0.4, -0.2) is 37.0 Å². The molecule has 2 rings (SSSR count). The third-order valence-corrected chi connectivity index (χ3v) is 4.30. The second-order valence-electron chi connectivity index (χ2n) is 5.90. The second-order valence-corrected chi connectivity index (χ2v) is 7.33. The molecule has 0 bridgehead atoms. The van der Waals surface area contributed by atoms with Gasteiger partial charge in [0.25, 0.3) is 10.1 Å². The van der Waals surface area contributed by atoms with E-state index in [0.29, 0.717) is 6.61 Å². The Bertz CT molecular complexity index is 912. The molecule has 0 atom stereocenters. The molecule has 0 saturated heterocycles. The molecule has 2 aromatic rings. The molecule has 0 saturated carbocycles. The first-order chi connectivity index (χ1) is 13.8. The lowest BCUT2D eigenvalue weighted by Gasteiger charge is -2.05. The van der Waals surface area contributed by atoms with Crippen LogP contribution in [0.1, 0.15) is 30.9 Å². The monoisotopic (exact) mass is 422 g/mol. The Kier molecular flexibility index (Phi) is 10.4. The quantitative estimate of drug-likeness (QED) is 0.176. The highest BCUT2D eigenvalue weighted by Crippen LogP contribution is 2.12. The summed E-state index contributed by atoms with van der Waals surface area (Å²) < 4.78 is 35.1. The summed E-state index contributed by atoms with van der Waals surface area (Å²) in [5, 5.41) is 15.6. The zero-order valence-corrected chi connectivity index (χ0v) is 17.1. The zero-order valence-electron chi connectivity index (χ0n) is 16.3. The van der Waals surface area contributed by atoms with Crippen LogP contribution < -0.4 is 16.0 Å². The van der Waals surface area contributed by atoms with E-state index in [0.717, 1.165) is 29.7 Å². The summed E-state index contributed by atoms with van der Waals surface area (Å²) in [4.78, 5) is -0.0666. The molecule has 0 aliphatic rings. The predicted octanol–water partition coefficient (Wildman–Crippen LogP) is 2.73. The van der Waals surface area contributed by atoms with E-state index in [-0.39, 0.29) is 10.9 Å². The van der Waals surface area contributed by atoms with Crippen LogP contribution in [0.5, 0.6) is 5.75 Å². The molecule has 0 unspecified atom stereocenters. The molecule has 0 fully saturated rings. The Hall–Kier alpha value is -2.95. The van der Waals surface area contributed by atoms with Crippen LogP contribution in [0.2, 0.25) is 0 Å². The number of hydrogen-bond acceptors (Lipinski definition) is 6. The van der Waals surface area contributed by atoms with E-state index in [2.05, 4.69) is 17.1 Å². The van der Waals surface area contributed by atoms with Crippen LogP contribution in [-0.2, 0) is 10.1 Å². The van der Waals surface area contributed by atoms with Crippen LogP contribution >= 0.6 is 0 Å². The topological polar surface area (TPSA) is 147 Å². The predicted molar refractivity (Wildman–Crippen MR) is 112 cm³/mol. The number of benzene rings is 2. The highest BCUT2D eigenvalue weighted by Gasteiger charge is 2.06. The maximum atomic E-state index is 10.5. The normalized spacial score (nSPS) is 11.7. The first-order valence-electron chi connectivity index (χ1n) is 8.80. The number of ether oxygens (including phenoxy) is 1. The lowest BCUT2D eigenvalue weighted by molar-refractivity contribution is 0.232. The van der Waals surface area contributed by atoms with E-state index in [1.807, 2.05) is 31.2 Å². The zero-order chi connectivity index (χ0) is 21.7. The largest absolute Gasteiger partial charge is 0.494 e. The molecule has 2 aromatic carbocycles. The molecule has 29 heavy (non-hydrogen) atoms. The number of rotatable bonds is 7. The summed E-state index contributed by atoms with van der Waals surface area (Å²) in [6, 6.07) is 13.5. The summed E-state index contributed by atoms with van der Waals surface area (Å²) in [5.74, 6) is 0.631. The van der Waals surface area contributed by atoms with Crippen LogP contribution in [0.15, 0.2) is 63.6 Å². The van der Waals surface area contributed by atoms with Crippen LogP contribution in [0, 0.1) is 6.92 Å². The van der Waals surface area contributed by atoms with Gasteiger partial charge in [-0.2, -0.15) is 13.5 Å². The third kappa shape index (κ3) is 10.2. The van der Waals surface area contributed by atoms with E-state index in [1.165, 1.54) is 18.3 Å². The van der Waals surface area contributed by atoms with E-state index in [9.17, 15) is 8.42 Å². The Balaban J connectivity index is 0.000000326. The van der Waals surface area contributed by atoms with Crippen molar-refractivity contribution in [2.75, 3.05) is 6.61 Å². The molecule has 0 aliphatic carbocycles. The summed E-state index contributed by atoms with van der Waals surface area (Å²) >= 11 is 0. The Morgan fingerprint density at radius 2 is 1.93 bits per heavy atom. The van der Waals surface area contributed by atoms with Crippen molar-refractivity contribution in [1.29, 1.82) is 0 Å². The first-order valence-corrected chi connectivity index (χ1v) is 10.2. The average Bonchev–Trinajstić information content (AvgIpc) is 2.68. The molecule has 0 radical (unpaired) electrons. The van der Waals surface area contributed by atoms with E-state index in [4.69, 9.17) is 20.2 Å². The van der Waals surface area contributed by atoms with E-state index >= 15 is 0 Å². The molecule has 0 heterocycles. The third-order valence-electron chi connectivity index (χ3n) is 3.43. The molecule has 0 spiro atoms. The maximum Gasteiger partial charge on any atom is 0.294 e. The highest BCUT2D eigenvalue weighted by molar-refractivity contribution is 7.85. The fraction of sp³-hybridized carbons (Fsp3) is 0.263. The second kappa shape index (κ2) is 12.5. The SMILES string of the molecule is CCCCOc1cccc(/C=N/N=C(/N)NO)c1.Cc1ccc(S(=O)(=O)O)cc1. The smallest absolute Gasteiger partial charge is 0.294 e. The van der Waals surface area contributed by atoms with Crippen molar-refractivity contribution in [2.45, 2.75) is 31.6 Å². The lowest BCUT2D eigenvalue weighted by atomic mass is 10.2. The maximum absolute atomic E-state index is 10.5. The first kappa shape index (κ1) is 24.1. The van der Waals surface area contributed by atoms with Gasteiger partial charge in [0.05, 0.1) is 17.7 Å². The number of hydroxylamine groups is 1. The van der Waals surface area contributed by atoms with Gasteiger partial charge in [-0.1, -0.05) is 43.2 Å². The molecular formula is C19H26N4O5S. The van der Waals surface area contributed by atoms with Gasteiger partial charge in [-0.15, -0.1) is 5.10 Å². The molecule has 5 N–H and O–H groups in total. The minimum Gasteiger partial charge on any atom is -0.494 e. The molecule has 158 valence electrons. The molecule has 0 aliphatic heterocycles. The van der Waals surface area contributed by atoms with Crippen molar-refractivity contribution in [2.24, 2.45) is 15.9 Å². The Morgan fingerprint density at radius 3 is 2.52 bits per heavy atom. The Labute approximate surface area is 170 Å². The van der Waals surface area contributed by atoms with Crippen molar-refractivity contribution in [3.05, 3.63) is 59.7 Å². The van der Waals surface area contributed by atoms with Gasteiger partial charge >= 0.3 is 0 Å². The van der Waals surface area contributed by atoms with Gasteiger partial charge < -0.3 is 10.5 Å². The molecule has 0 aromatic heterocycles. The lowest BCUT2D eigenvalue weighted by Crippen LogP contribution is -2.27.